The fraction of sp³-hybridized carbons (Fsp3) is 0.294. The van der Waals surface area contributed by atoms with Gasteiger partial charge in [-0.05, 0) is 37.5 Å². The number of amides is 1. The fourth-order valence-electron chi connectivity index (χ4n) is 2.10. The quantitative estimate of drug-likeness (QED) is 0.851. The maximum Gasteiger partial charge on any atom is 0.237 e. The lowest BCUT2D eigenvalue weighted by Gasteiger charge is -2.12. The summed E-state index contributed by atoms with van der Waals surface area (Å²) in [5.74, 6) is -0.130. The molecule has 1 atom stereocenters. The Labute approximate surface area is 125 Å². The summed E-state index contributed by atoms with van der Waals surface area (Å²) in [6, 6.07) is 15.3. The van der Waals surface area contributed by atoms with E-state index in [1.165, 1.54) is 5.56 Å². The highest BCUT2D eigenvalue weighted by Gasteiger charge is 2.13. The second-order valence-corrected chi connectivity index (χ2v) is 5.12. The summed E-state index contributed by atoms with van der Waals surface area (Å²) in [4.78, 5) is 16.3. The van der Waals surface area contributed by atoms with E-state index in [-0.39, 0.29) is 5.91 Å². The predicted octanol–water partition coefficient (Wildman–Crippen LogP) is 1.97. The van der Waals surface area contributed by atoms with Crippen LogP contribution in [0.5, 0.6) is 0 Å². The van der Waals surface area contributed by atoms with Crippen molar-refractivity contribution in [3.63, 3.8) is 0 Å². The van der Waals surface area contributed by atoms with Crippen molar-refractivity contribution in [3.8, 4) is 0 Å². The van der Waals surface area contributed by atoms with Crippen LogP contribution in [0.25, 0.3) is 0 Å². The van der Waals surface area contributed by atoms with Crippen LogP contribution in [-0.4, -0.2) is 16.9 Å². The van der Waals surface area contributed by atoms with Crippen molar-refractivity contribution in [1.82, 2.24) is 10.3 Å². The van der Waals surface area contributed by atoms with Crippen LogP contribution in [0.4, 0.5) is 0 Å². The first-order valence-electron chi connectivity index (χ1n) is 7.15. The molecule has 0 radical (unpaired) electrons. The van der Waals surface area contributed by atoms with Crippen LogP contribution < -0.4 is 11.1 Å². The average molecular weight is 283 g/mol. The molecule has 0 aliphatic rings. The molecule has 110 valence electrons. The highest BCUT2D eigenvalue weighted by Crippen LogP contribution is 2.04. The zero-order chi connectivity index (χ0) is 15.1. The van der Waals surface area contributed by atoms with Crippen molar-refractivity contribution < 1.29 is 4.79 Å². The van der Waals surface area contributed by atoms with Gasteiger partial charge in [-0.2, -0.15) is 0 Å². The summed E-state index contributed by atoms with van der Waals surface area (Å²) < 4.78 is 0. The molecule has 3 N–H and O–H groups in total. The van der Waals surface area contributed by atoms with E-state index in [1.54, 1.807) is 0 Å². The Morgan fingerprint density at radius 3 is 2.67 bits per heavy atom. The molecule has 0 saturated carbocycles. The largest absolute Gasteiger partial charge is 0.349 e. The van der Waals surface area contributed by atoms with Crippen LogP contribution in [0.15, 0.2) is 48.5 Å². The lowest BCUT2D eigenvalue weighted by atomic mass is 10.1. The number of nitrogens with two attached hydrogens (primary N) is 1. The Kier molecular flexibility index (Phi) is 5.46. The van der Waals surface area contributed by atoms with E-state index >= 15 is 0 Å². The van der Waals surface area contributed by atoms with E-state index in [9.17, 15) is 4.79 Å². The number of benzene rings is 1. The molecule has 4 heteroatoms. The highest BCUT2D eigenvalue weighted by atomic mass is 16.2. The van der Waals surface area contributed by atoms with E-state index in [1.807, 2.05) is 55.5 Å². The number of hydrogen-bond acceptors (Lipinski definition) is 3. The number of carbonyl (C=O) groups is 1. The molecule has 21 heavy (non-hydrogen) atoms. The van der Waals surface area contributed by atoms with Crippen LogP contribution >= 0.6 is 0 Å². The second kappa shape index (κ2) is 7.55. The minimum Gasteiger partial charge on any atom is -0.349 e. The number of carbonyl (C=O) groups excluding carboxylic acids is 1. The molecule has 0 spiro atoms. The molecule has 0 saturated heterocycles. The normalized spacial score (nSPS) is 11.9. The van der Waals surface area contributed by atoms with E-state index in [2.05, 4.69) is 10.3 Å². The van der Waals surface area contributed by atoms with E-state index in [4.69, 9.17) is 5.73 Å². The van der Waals surface area contributed by atoms with Gasteiger partial charge in [-0.15, -0.1) is 0 Å². The first kappa shape index (κ1) is 15.2. The molecule has 0 unspecified atom stereocenters. The SMILES string of the molecule is Cc1cccc(CNC(=O)[C@@H](N)CCc2ccccc2)n1. The molecule has 2 rings (SSSR count). The first-order valence-corrected chi connectivity index (χ1v) is 7.15. The predicted molar refractivity (Wildman–Crippen MR) is 83.6 cm³/mol. The third kappa shape index (κ3) is 5.00. The van der Waals surface area contributed by atoms with Gasteiger partial charge < -0.3 is 11.1 Å². The summed E-state index contributed by atoms with van der Waals surface area (Å²) in [7, 11) is 0. The number of pyridine rings is 1. The topological polar surface area (TPSA) is 68.0 Å². The minimum atomic E-state index is -0.491. The Morgan fingerprint density at radius 1 is 1.19 bits per heavy atom. The lowest BCUT2D eigenvalue weighted by molar-refractivity contribution is -0.122. The molecule has 0 fully saturated rings. The molecule has 0 aliphatic carbocycles. The molecule has 1 aromatic carbocycles. The number of hydrogen-bond donors (Lipinski definition) is 2. The number of aryl methyl sites for hydroxylation is 2. The van der Waals surface area contributed by atoms with E-state index < -0.39 is 6.04 Å². The van der Waals surface area contributed by atoms with E-state index in [0.717, 1.165) is 17.8 Å². The molecule has 1 amide bonds. The minimum absolute atomic E-state index is 0.130. The van der Waals surface area contributed by atoms with Crippen LogP contribution in [0.2, 0.25) is 0 Å². The van der Waals surface area contributed by atoms with Gasteiger partial charge in [-0.3, -0.25) is 9.78 Å². The standard InChI is InChI=1S/C17H21N3O/c1-13-6-5-9-15(20-13)12-19-17(21)16(18)11-10-14-7-3-2-4-8-14/h2-9,16H,10-12,18H2,1H3,(H,19,21)/t16-/m0/s1. The Hall–Kier alpha value is -2.20. The summed E-state index contributed by atoms with van der Waals surface area (Å²) in [5.41, 5.74) is 8.91. The van der Waals surface area contributed by atoms with Crippen molar-refractivity contribution in [2.75, 3.05) is 0 Å². The van der Waals surface area contributed by atoms with Crippen molar-refractivity contribution >= 4 is 5.91 Å². The van der Waals surface area contributed by atoms with Gasteiger partial charge in [-0.25, -0.2) is 0 Å². The molecule has 0 bridgehead atoms. The van der Waals surface area contributed by atoms with Crippen LogP contribution in [0.1, 0.15) is 23.4 Å². The van der Waals surface area contributed by atoms with Gasteiger partial charge in [0.2, 0.25) is 5.91 Å². The number of nitrogens with one attached hydrogen (secondary N) is 1. The molecule has 4 nitrogen and oxygen atoms in total. The maximum atomic E-state index is 12.0. The van der Waals surface area contributed by atoms with Crippen LogP contribution in [0.3, 0.4) is 0 Å². The van der Waals surface area contributed by atoms with Crippen molar-refractivity contribution in [2.45, 2.75) is 32.4 Å². The molecule has 1 heterocycles. The third-order valence-corrected chi connectivity index (χ3v) is 3.31. The Balaban J connectivity index is 1.77. The van der Waals surface area contributed by atoms with Gasteiger partial charge in [0.05, 0.1) is 18.3 Å². The van der Waals surface area contributed by atoms with Gasteiger partial charge in [0, 0.05) is 5.69 Å². The molecule has 1 aromatic heterocycles. The highest BCUT2D eigenvalue weighted by molar-refractivity contribution is 5.81. The van der Waals surface area contributed by atoms with Gasteiger partial charge in [-0.1, -0.05) is 36.4 Å². The van der Waals surface area contributed by atoms with Crippen LogP contribution in [-0.2, 0) is 17.8 Å². The Morgan fingerprint density at radius 2 is 1.95 bits per heavy atom. The summed E-state index contributed by atoms with van der Waals surface area (Å²) in [5, 5.41) is 2.84. The second-order valence-electron chi connectivity index (χ2n) is 5.12. The van der Waals surface area contributed by atoms with Gasteiger partial charge in [0.1, 0.15) is 0 Å². The van der Waals surface area contributed by atoms with Gasteiger partial charge in [0.15, 0.2) is 0 Å². The van der Waals surface area contributed by atoms with E-state index in [0.29, 0.717) is 13.0 Å². The third-order valence-electron chi connectivity index (χ3n) is 3.31. The van der Waals surface area contributed by atoms with Crippen LogP contribution in [0, 0.1) is 6.92 Å². The molecular weight excluding hydrogens is 262 g/mol. The lowest BCUT2D eigenvalue weighted by Crippen LogP contribution is -2.40. The summed E-state index contributed by atoms with van der Waals surface area (Å²) in [6.07, 6.45) is 1.44. The number of rotatable bonds is 6. The van der Waals surface area contributed by atoms with Gasteiger partial charge in [0.25, 0.3) is 0 Å². The first-order chi connectivity index (χ1) is 10.1. The van der Waals surface area contributed by atoms with Gasteiger partial charge >= 0.3 is 0 Å². The number of nitrogens with zero attached hydrogens (tertiary/aromatic N) is 1. The molecule has 2 aromatic rings. The summed E-state index contributed by atoms with van der Waals surface area (Å²) in [6.45, 7) is 2.34. The Bertz CT molecular complexity index is 584. The van der Waals surface area contributed by atoms with Crippen molar-refractivity contribution in [2.24, 2.45) is 5.73 Å². The summed E-state index contributed by atoms with van der Waals surface area (Å²) >= 11 is 0. The zero-order valence-electron chi connectivity index (χ0n) is 12.3. The smallest absolute Gasteiger partial charge is 0.237 e. The molecule has 0 aliphatic heterocycles. The fourth-order valence-corrected chi connectivity index (χ4v) is 2.10. The van der Waals surface area contributed by atoms with Crippen molar-refractivity contribution in [1.29, 1.82) is 0 Å². The zero-order valence-corrected chi connectivity index (χ0v) is 12.3. The molecular formula is C17H21N3O. The van der Waals surface area contributed by atoms with Crippen molar-refractivity contribution in [3.05, 3.63) is 65.5 Å². The maximum absolute atomic E-state index is 12.0. The monoisotopic (exact) mass is 283 g/mol. The average Bonchev–Trinajstić information content (AvgIpc) is 2.51. The number of aromatic nitrogens is 1.